The number of hydrogen-bond acceptors (Lipinski definition) is 2. The van der Waals surface area contributed by atoms with Gasteiger partial charge in [0.15, 0.2) is 0 Å². The minimum Gasteiger partial charge on any atom is -0.478 e. The normalized spacial score (nSPS) is 19.0. The zero-order valence-corrected chi connectivity index (χ0v) is 12.6. The minimum atomic E-state index is -0.910. The molecule has 1 aromatic rings. The fraction of sp³-hybridized carbons (Fsp3) is 0.150. The molecule has 0 atom stereocenters. The standard InChI is InChI=1S/C20H16O3/c21-20(22)14-8-2-1-7-13(14)19-15-9-3-5-11-17(15)23-18-12-6-4-10-16(18)19/h1-3,7-12H,4-6H2,(H,21,22). The van der Waals surface area contributed by atoms with Gasteiger partial charge in [0, 0.05) is 16.7 Å². The van der Waals surface area contributed by atoms with Gasteiger partial charge in [-0.05, 0) is 43.0 Å². The molecule has 1 aliphatic heterocycles. The highest BCUT2D eigenvalue weighted by atomic mass is 16.5. The second-order valence-corrected chi connectivity index (χ2v) is 5.71. The number of ether oxygens (including phenoxy) is 1. The van der Waals surface area contributed by atoms with Gasteiger partial charge in [-0.1, -0.05) is 36.4 Å². The van der Waals surface area contributed by atoms with Gasteiger partial charge in [0.1, 0.15) is 11.5 Å². The summed E-state index contributed by atoms with van der Waals surface area (Å²) in [6.07, 6.45) is 13.1. The summed E-state index contributed by atoms with van der Waals surface area (Å²) in [5, 5.41) is 9.57. The number of carboxylic acid groups (broad SMARTS) is 1. The molecule has 114 valence electrons. The molecule has 3 heteroatoms. The van der Waals surface area contributed by atoms with E-state index in [1.165, 1.54) is 0 Å². The molecule has 0 saturated heterocycles. The second-order valence-electron chi connectivity index (χ2n) is 5.71. The van der Waals surface area contributed by atoms with Crippen molar-refractivity contribution in [3.63, 3.8) is 0 Å². The van der Waals surface area contributed by atoms with Crippen molar-refractivity contribution in [2.75, 3.05) is 0 Å². The number of hydrogen-bond donors (Lipinski definition) is 1. The van der Waals surface area contributed by atoms with E-state index in [1.54, 1.807) is 12.1 Å². The highest BCUT2D eigenvalue weighted by Gasteiger charge is 2.30. The highest BCUT2D eigenvalue weighted by molar-refractivity contribution is 6.00. The Kier molecular flexibility index (Phi) is 3.27. The number of aromatic carboxylic acids is 1. The molecular weight excluding hydrogens is 288 g/mol. The average Bonchev–Trinajstić information content (AvgIpc) is 2.59. The largest absolute Gasteiger partial charge is 0.478 e. The van der Waals surface area contributed by atoms with Crippen molar-refractivity contribution in [3.8, 4) is 0 Å². The molecule has 0 fully saturated rings. The lowest BCUT2D eigenvalue weighted by atomic mass is 9.83. The van der Waals surface area contributed by atoms with Gasteiger partial charge in [0.05, 0.1) is 5.56 Å². The van der Waals surface area contributed by atoms with E-state index in [2.05, 4.69) is 18.2 Å². The maximum atomic E-state index is 11.7. The van der Waals surface area contributed by atoms with Crippen LogP contribution in [-0.4, -0.2) is 11.1 Å². The van der Waals surface area contributed by atoms with E-state index in [-0.39, 0.29) is 0 Å². The Morgan fingerprint density at radius 1 is 1.04 bits per heavy atom. The molecule has 0 radical (unpaired) electrons. The molecule has 3 aliphatic rings. The summed E-state index contributed by atoms with van der Waals surface area (Å²) in [5.41, 5.74) is 4.00. The molecule has 3 nitrogen and oxygen atoms in total. The van der Waals surface area contributed by atoms with Gasteiger partial charge in [-0.3, -0.25) is 0 Å². The summed E-state index contributed by atoms with van der Waals surface area (Å²) in [5.74, 6) is 0.761. The van der Waals surface area contributed by atoms with Crippen molar-refractivity contribution in [2.24, 2.45) is 0 Å². The van der Waals surface area contributed by atoms with Crippen LogP contribution in [-0.2, 0) is 4.74 Å². The fourth-order valence-corrected chi connectivity index (χ4v) is 3.27. The van der Waals surface area contributed by atoms with Gasteiger partial charge in [-0.2, -0.15) is 0 Å². The fourth-order valence-electron chi connectivity index (χ4n) is 3.27. The lowest BCUT2D eigenvalue weighted by Gasteiger charge is -2.30. The van der Waals surface area contributed by atoms with E-state index in [0.29, 0.717) is 5.56 Å². The van der Waals surface area contributed by atoms with E-state index in [4.69, 9.17) is 4.74 Å². The quantitative estimate of drug-likeness (QED) is 0.867. The van der Waals surface area contributed by atoms with Crippen molar-refractivity contribution in [1.82, 2.24) is 0 Å². The lowest BCUT2D eigenvalue weighted by molar-refractivity contribution is 0.0696. The Morgan fingerprint density at radius 3 is 2.74 bits per heavy atom. The van der Waals surface area contributed by atoms with Gasteiger partial charge in [-0.25, -0.2) is 4.79 Å². The van der Waals surface area contributed by atoms with Crippen LogP contribution in [0.2, 0.25) is 0 Å². The third-order valence-corrected chi connectivity index (χ3v) is 4.29. The number of rotatable bonds is 2. The summed E-state index contributed by atoms with van der Waals surface area (Å²) in [6, 6.07) is 7.18. The van der Waals surface area contributed by atoms with Crippen LogP contribution in [0.1, 0.15) is 35.2 Å². The van der Waals surface area contributed by atoms with Gasteiger partial charge in [-0.15, -0.1) is 0 Å². The number of benzene rings is 1. The van der Waals surface area contributed by atoms with Gasteiger partial charge < -0.3 is 9.84 Å². The summed E-state index contributed by atoms with van der Waals surface area (Å²) >= 11 is 0. The molecular formula is C20H16O3. The van der Waals surface area contributed by atoms with Crippen molar-refractivity contribution < 1.29 is 14.6 Å². The van der Waals surface area contributed by atoms with Crippen LogP contribution in [0.25, 0.3) is 5.57 Å². The van der Waals surface area contributed by atoms with Crippen molar-refractivity contribution in [3.05, 3.63) is 88.4 Å². The smallest absolute Gasteiger partial charge is 0.336 e. The predicted molar refractivity (Wildman–Crippen MR) is 88.6 cm³/mol. The Labute approximate surface area is 134 Å². The molecule has 1 N–H and O–H groups in total. The van der Waals surface area contributed by atoms with Crippen molar-refractivity contribution >= 4 is 11.5 Å². The van der Waals surface area contributed by atoms with Crippen LogP contribution in [0.3, 0.4) is 0 Å². The van der Waals surface area contributed by atoms with Crippen LogP contribution < -0.4 is 0 Å². The zero-order valence-electron chi connectivity index (χ0n) is 12.6. The first kappa shape index (κ1) is 13.8. The number of fused-ring (bicyclic) bond motifs is 2. The second kappa shape index (κ2) is 5.43. The predicted octanol–water partition coefficient (Wildman–Crippen LogP) is 4.62. The number of carboxylic acids is 1. The van der Waals surface area contributed by atoms with Crippen LogP contribution >= 0.6 is 0 Å². The maximum absolute atomic E-state index is 11.7. The Balaban J connectivity index is 2.02. The molecule has 0 amide bonds. The van der Waals surface area contributed by atoms with Crippen LogP contribution in [0.15, 0.2) is 77.3 Å². The molecule has 2 aliphatic carbocycles. The average molecular weight is 304 g/mol. The first-order chi connectivity index (χ1) is 11.3. The molecule has 23 heavy (non-hydrogen) atoms. The van der Waals surface area contributed by atoms with E-state index in [9.17, 15) is 9.90 Å². The third-order valence-electron chi connectivity index (χ3n) is 4.29. The molecule has 0 unspecified atom stereocenters. The molecule has 1 heterocycles. The van der Waals surface area contributed by atoms with Crippen LogP contribution in [0.5, 0.6) is 0 Å². The van der Waals surface area contributed by atoms with Crippen LogP contribution in [0, 0.1) is 0 Å². The van der Waals surface area contributed by atoms with Gasteiger partial charge >= 0.3 is 5.97 Å². The first-order valence-electron chi connectivity index (χ1n) is 7.78. The monoisotopic (exact) mass is 304 g/mol. The third kappa shape index (κ3) is 2.25. The Hall–Kier alpha value is -2.81. The van der Waals surface area contributed by atoms with Crippen LogP contribution in [0.4, 0.5) is 0 Å². The summed E-state index contributed by atoms with van der Waals surface area (Å²) in [6.45, 7) is 0. The molecule has 0 bridgehead atoms. The summed E-state index contributed by atoms with van der Waals surface area (Å²) < 4.78 is 6.04. The zero-order chi connectivity index (χ0) is 15.8. The minimum absolute atomic E-state index is 0.320. The Morgan fingerprint density at radius 2 is 1.87 bits per heavy atom. The molecule has 4 rings (SSSR count). The van der Waals surface area contributed by atoms with E-state index >= 15 is 0 Å². The Bertz CT molecular complexity index is 847. The van der Waals surface area contributed by atoms with Crippen molar-refractivity contribution in [1.29, 1.82) is 0 Å². The van der Waals surface area contributed by atoms with Gasteiger partial charge in [0.2, 0.25) is 0 Å². The van der Waals surface area contributed by atoms with Gasteiger partial charge in [0.25, 0.3) is 0 Å². The van der Waals surface area contributed by atoms with E-state index in [1.807, 2.05) is 24.3 Å². The molecule has 0 spiro atoms. The van der Waals surface area contributed by atoms with E-state index in [0.717, 1.165) is 53.1 Å². The maximum Gasteiger partial charge on any atom is 0.336 e. The SMILES string of the molecule is O=C(O)c1ccccc1C1=C2C=CCC=C2OC2=CCCC=C21. The first-order valence-corrected chi connectivity index (χ1v) is 7.78. The topological polar surface area (TPSA) is 46.5 Å². The summed E-state index contributed by atoms with van der Waals surface area (Å²) in [7, 11) is 0. The number of allylic oxidation sites excluding steroid dienone is 6. The molecule has 1 aromatic carbocycles. The van der Waals surface area contributed by atoms with Crippen molar-refractivity contribution in [2.45, 2.75) is 19.3 Å². The molecule has 0 saturated carbocycles. The lowest BCUT2D eigenvalue weighted by Crippen LogP contribution is -2.15. The summed E-state index contributed by atoms with van der Waals surface area (Å²) in [4.78, 5) is 11.7. The van der Waals surface area contributed by atoms with E-state index < -0.39 is 5.97 Å². The molecule has 0 aromatic heterocycles. The number of carbonyl (C=O) groups is 1. The highest BCUT2D eigenvalue weighted by Crippen LogP contribution is 2.45.